The van der Waals surface area contributed by atoms with Crippen molar-refractivity contribution in [1.82, 2.24) is 0 Å². The molecule has 0 atom stereocenters. The molecule has 1 rings (SSSR count). The molecule has 1 aromatic carbocycles. The number of benzene rings is 1. The number of rotatable bonds is 5. The van der Waals surface area contributed by atoms with E-state index in [1.165, 1.54) is 5.56 Å². The number of hydrogen-bond acceptors (Lipinski definition) is 3. The molecule has 0 heterocycles. The maximum absolute atomic E-state index is 11.6. The van der Waals surface area contributed by atoms with E-state index >= 15 is 0 Å². The highest BCUT2D eigenvalue weighted by Gasteiger charge is 2.13. The van der Waals surface area contributed by atoms with E-state index in [1.54, 1.807) is 20.1 Å². The normalized spacial score (nSPS) is 9.94. The molecule has 1 aromatic rings. The van der Waals surface area contributed by atoms with E-state index in [0.29, 0.717) is 17.9 Å². The number of hydrogen-bond donors (Lipinski definition) is 0. The minimum absolute atomic E-state index is 0.331. The number of methoxy groups -OCH3 is 1. The summed E-state index contributed by atoms with van der Waals surface area (Å²) in [6.45, 7) is 4.28. The number of ether oxygens (including phenoxy) is 2. The van der Waals surface area contributed by atoms with E-state index in [1.807, 2.05) is 12.1 Å². The van der Waals surface area contributed by atoms with E-state index in [-0.39, 0.29) is 5.97 Å². The summed E-state index contributed by atoms with van der Waals surface area (Å²) in [5, 5.41) is 0. The van der Waals surface area contributed by atoms with Gasteiger partial charge in [-0.2, -0.15) is 0 Å². The van der Waals surface area contributed by atoms with Crippen molar-refractivity contribution < 1.29 is 14.3 Å². The summed E-state index contributed by atoms with van der Waals surface area (Å²) in [5.41, 5.74) is 1.66. The van der Waals surface area contributed by atoms with Crippen molar-refractivity contribution in [3.63, 3.8) is 0 Å². The lowest BCUT2D eigenvalue weighted by Crippen LogP contribution is -2.07. The first-order chi connectivity index (χ1) is 7.72. The Bertz CT molecular complexity index is 358. The van der Waals surface area contributed by atoms with Gasteiger partial charge in [0.15, 0.2) is 0 Å². The molecule has 0 saturated heterocycles. The van der Waals surface area contributed by atoms with Gasteiger partial charge in [0, 0.05) is 0 Å². The zero-order chi connectivity index (χ0) is 12.0. The maximum atomic E-state index is 11.6. The first-order valence-electron chi connectivity index (χ1n) is 5.57. The second-order valence-corrected chi connectivity index (χ2v) is 3.51. The van der Waals surface area contributed by atoms with Crippen molar-refractivity contribution in [3.8, 4) is 5.75 Å². The van der Waals surface area contributed by atoms with Crippen LogP contribution < -0.4 is 4.74 Å². The molecule has 0 unspecified atom stereocenters. The Morgan fingerprint density at radius 2 is 2.06 bits per heavy atom. The molecule has 0 fully saturated rings. The second-order valence-electron chi connectivity index (χ2n) is 3.51. The highest BCUT2D eigenvalue weighted by Crippen LogP contribution is 2.21. The minimum atomic E-state index is -0.331. The molecule has 0 aliphatic heterocycles. The molecule has 0 bridgehead atoms. The van der Waals surface area contributed by atoms with Crippen LogP contribution in [0.15, 0.2) is 18.2 Å². The Morgan fingerprint density at radius 1 is 1.31 bits per heavy atom. The van der Waals surface area contributed by atoms with Gasteiger partial charge in [0.1, 0.15) is 11.3 Å². The van der Waals surface area contributed by atoms with Crippen LogP contribution in [0.2, 0.25) is 0 Å². The quantitative estimate of drug-likeness (QED) is 0.719. The minimum Gasteiger partial charge on any atom is -0.496 e. The third kappa shape index (κ3) is 2.99. The summed E-state index contributed by atoms with van der Waals surface area (Å²) in [7, 11) is 1.56. The average Bonchev–Trinajstić information content (AvgIpc) is 2.29. The molecule has 0 N–H and O–H groups in total. The predicted octanol–water partition coefficient (Wildman–Crippen LogP) is 2.82. The number of carbonyl (C=O) groups is 1. The highest BCUT2D eigenvalue weighted by atomic mass is 16.5. The molecular weight excluding hydrogens is 204 g/mol. The van der Waals surface area contributed by atoms with Crippen molar-refractivity contribution in [2.24, 2.45) is 0 Å². The zero-order valence-corrected chi connectivity index (χ0v) is 10.1. The molecule has 0 aliphatic carbocycles. The molecule has 88 valence electrons. The van der Waals surface area contributed by atoms with Crippen molar-refractivity contribution in [1.29, 1.82) is 0 Å². The van der Waals surface area contributed by atoms with Gasteiger partial charge in [0.05, 0.1) is 13.7 Å². The van der Waals surface area contributed by atoms with Crippen LogP contribution in [0.5, 0.6) is 5.75 Å². The van der Waals surface area contributed by atoms with Crippen molar-refractivity contribution in [2.45, 2.75) is 26.7 Å². The molecule has 0 amide bonds. The smallest absolute Gasteiger partial charge is 0.341 e. The fraction of sp³-hybridized carbons (Fsp3) is 0.462. The Morgan fingerprint density at radius 3 is 2.62 bits per heavy atom. The van der Waals surface area contributed by atoms with Gasteiger partial charge in [-0.25, -0.2) is 4.79 Å². The van der Waals surface area contributed by atoms with E-state index < -0.39 is 0 Å². The van der Waals surface area contributed by atoms with Gasteiger partial charge in [0.2, 0.25) is 0 Å². The molecule has 3 nitrogen and oxygen atoms in total. The Kier molecular flexibility index (Phi) is 4.83. The Balaban J connectivity index is 2.96. The third-order valence-corrected chi connectivity index (χ3v) is 2.30. The van der Waals surface area contributed by atoms with E-state index in [9.17, 15) is 4.79 Å². The monoisotopic (exact) mass is 222 g/mol. The molecule has 0 saturated carbocycles. The van der Waals surface area contributed by atoms with Crippen LogP contribution in [-0.2, 0) is 11.2 Å². The summed E-state index contributed by atoms with van der Waals surface area (Å²) in [5.74, 6) is 0.256. The topological polar surface area (TPSA) is 35.5 Å². The molecule has 16 heavy (non-hydrogen) atoms. The van der Waals surface area contributed by atoms with Gasteiger partial charge in [-0.3, -0.25) is 0 Å². The lowest BCUT2D eigenvalue weighted by Gasteiger charge is -2.09. The van der Waals surface area contributed by atoms with Gasteiger partial charge >= 0.3 is 5.97 Å². The van der Waals surface area contributed by atoms with Crippen LogP contribution in [0.1, 0.15) is 36.2 Å². The van der Waals surface area contributed by atoms with Gasteiger partial charge in [0.25, 0.3) is 0 Å². The fourth-order valence-electron chi connectivity index (χ4n) is 1.56. The highest BCUT2D eigenvalue weighted by molar-refractivity contribution is 5.92. The molecular formula is C13H18O3. The first-order valence-corrected chi connectivity index (χ1v) is 5.57. The third-order valence-electron chi connectivity index (χ3n) is 2.30. The van der Waals surface area contributed by atoms with Crippen LogP contribution in [-0.4, -0.2) is 19.7 Å². The van der Waals surface area contributed by atoms with Crippen molar-refractivity contribution >= 4 is 5.97 Å². The summed E-state index contributed by atoms with van der Waals surface area (Å²) in [4.78, 5) is 11.6. The van der Waals surface area contributed by atoms with E-state index in [0.717, 1.165) is 12.8 Å². The van der Waals surface area contributed by atoms with Gasteiger partial charge in [-0.15, -0.1) is 0 Å². The van der Waals surface area contributed by atoms with Crippen LogP contribution in [0.25, 0.3) is 0 Å². The SMILES string of the molecule is CCCc1ccc(C(=O)OCC)c(OC)c1. The molecule has 3 heteroatoms. The van der Waals surface area contributed by atoms with E-state index in [4.69, 9.17) is 9.47 Å². The molecule has 0 radical (unpaired) electrons. The summed E-state index contributed by atoms with van der Waals surface area (Å²) < 4.78 is 10.2. The molecule has 0 aliphatic rings. The van der Waals surface area contributed by atoms with Gasteiger partial charge in [-0.05, 0) is 31.0 Å². The lowest BCUT2D eigenvalue weighted by molar-refractivity contribution is 0.0522. The van der Waals surface area contributed by atoms with Gasteiger partial charge < -0.3 is 9.47 Å². The van der Waals surface area contributed by atoms with Crippen LogP contribution in [0.4, 0.5) is 0 Å². The largest absolute Gasteiger partial charge is 0.496 e. The second kappa shape index (κ2) is 6.16. The van der Waals surface area contributed by atoms with E-state index in [2.05, 4.69) is 6.92 Å². The number of carbonyl (C=O) groups excluding carboxylic acids is 1. The van der Waals surface area contributed by atoms with Crippen molar-refractivity contribution in [3.05, 3.63) is 29.3 Å². The summed E-state index contributed by atoms with van der Waals surface area (Å²) in [6.07, 6.45) is 2.06. The Labute approximate surface area is 96.4 Å². The summed E-state index contributed by atoms with van der Waals surface area (Å²) in [6, 6.07) is 5.61. The lowest BCUT2D eigenvalue weighted by atomic mass is 10.1. The van der Waals surface area contributed by atoms with Crippen LogP contribution in [0, 0.1) is 0 Å². The number of esters is 1. The first kappa shape index (κ1) is 12.6. The molecule has 0 spiro atoms. The standard InChI is InChI=1S/C13H18O3/c1-4-6-10-7-8-11(12(9-10)15-3)13(14)16-5-2/h7-9H,4-6H2,1-3H3. The van der Waals surface area contributed by atoms with Gasteiger partial charge in [-0.1, -0.05) is 19.4 Å². The van der Waals surface area contributed by atoms with Crippen LogP contribution in [0.3, 0.4) is 0 Å². The average molecular weight is 222 g/mol. The Hall–Kier alpha value is -1.51. The van der Waals surface area contributed by atoms with Crippen molar-refractivity contribution in [2.75, 3.05) is 13.7 Å². The fourth-order valence-corrected chi connectivity index (χ4v) is 1.56. The van der Waals surface area contributed by atoms with Crippen LogP contribution >= 0.6 is 0 Å². The zero-order valence-electron chi connectivity index (χ0n) is 10.1. The molecule has 0 aromatic heterocycles. The maximum Gasteiger partial charge on any atom is 0.341 e. The predicted molar refractivity (Wildman–Crippen MR) is 62.9 cm³/mol. The number of aryl methyl sites for hydroxylation is 1. The summed E-state index contributed by atoms with van der Waals surface area (Å²) >= 11 is 0.